The van der Waals surface area contributed by atoms with Crippen LogP contribution in [0.2, 0.25) is 5.02 Å². The highest BCUT2D eigenvalue weighted by molar-refractivity contribution is 9.10. The lowest BCUT2D eigenvalue weighted by molar-refractivity contribution is 0.0961. The molecule has 7 heteroatoms. The summed E-state index contributed by atoms with van der Waals surface area (Å²) in [7, 11) is 1.53. The zero-order valence-electron chi connectivity index (χ0n) is 11.0. The van der Waals surface area contributed by atoms with Gasteiger partial charge in [0.25, 0.3) is 11.8 Å². The number of rotatable bonds is 3. The molecule has 108 valence electrons. The van der Waals surface area contributed by atoms with Crippen LogP contribution in [0.4, 0.5) is 5.69 Å². The number of carbonyl (C=O) groups is 2. The van der Waals surface area contributed by atoms with Crippen LogP contribution in [0, 0.1) is 0 Å². The Hall–Kier alpha value is -1.92. The Labute approximate surface area is 134 Å². The number of aromatic nitrogens is 1. The molecule has 0 saturated heterocycles. The summed E-state index contributed by atoms with van der Waals surface area (Å²) in [6, 6.07) is 7.94. The molecule has 5 nitrogen and oxygen atoms in total. The van der Waals surface area contributed by atoms with E-state index in [1.807, 2.05) is 0 Å². The van der Waals surface area contributed by atoms with Gasteiger partial charge in [0.05, 0.1) is 16.3 Å². The van der Waals surface area contributed by atoms with Crippen LogP contribution in [0.1, 0.15) is 20.7 Å². The fraction of sp³-hybridized carbons (Fsp3) is 0.0714. The summed E-state index contributed by atoms with van der Waals surface area (Å²) in [5.41, 5.74) is 1.14. The van der Waals surface area contributed by atoms with Gasteiger partial charge in [-0.2, -0.15) is 0 Å². The Kier molecular flexibility index (Phi) is 4.93. The number of pyridine rings is 1. The van der Waals surface area contributed by atoms with Crippen molar-refractivity contribution in [2.45, 2.75) is 0 Å². The maximum atomic E-state index is 12.2. The maximum absolute atomic E-state index is 12.2. The van der Waals surface area contributed by atoms with Crippen LogP contribution < -0.4 is 10.6 Å². The van der Waals surface area contributed by atoms with Gasteiger partial charge in [-0.05, 0) is 46.3 Å². The number of benzene rings is 1. The average Bonchev–Trinajstić information content (AvgIpc) is 2.49. The van der Waals surface area contributed by atoms with Gasteiger partial charge in [0.2, 0.25) is 0 Å². The first kappa shape index (κ1) is 15.5. The van der Waals surface area contributed by atoms with E-state index in [4.69, 9.17) is 11.6 Å². The van der Waals surface area contributed by atoms with E-state index in [1.165, 1.54) is 13.1 Å². The SMILES string of the molecule is CNC(=O)c1ccc(Cl)c(NC(=O)c2cccnc2Br)c1. The minimum atomic E-state index is -0.370. The number of halogens is 2. The number of nitrogens with zero attached hydrogens (tertiary/aromatic N) is 1. The molecule has 0 unspecified atom stereocenters. The molecule has 0 aliphatic rings. The number of hydrogen-bond acceptors (Lipinski definition) is 3. The van der Waals surface area contributed by atoms with Crippen molar-refractivity contribution in [3.05, 3.63) is 57.3 Å². The molecule has 1 aromatic carbocycles. The number of hydrogen-bond donors (Lipinski definition) is 2. The molecule has 0 spiro atoms. The topological polar surface area (TPSA) is 71.1 Å². The lowest BCUT2D eigenvalue weighted by Gasteiger charge is -2.09. The second kappa shape index (κ2) is 6.69. The van der Waals surface area contributed by atoms with Crippen LogP contribution in [-0.2, 0) is 0 Å². The highest BCUT2D eigenvalue weighted by Gasteiger charge is 2.14. The van der Waals surface area contributed by atoms with Gasteiger partial charge in [-0.1, -0.05) is 11.6 Å². The summed E-state index contributed by atoms with van der Waals surface area (Å²) in [6.07, 6.45) is 1.57. The second-order valence-electron chi connectivity index (χ2n) is 4.07. The Balaban J connectivity index is 2.29. The smallest absolute Gasteiger partial charge is 0.258 e. The van der Waals surface area contributed by atoms with E-state index in [-0.39, 0.29) is 11.8 Å². The predicted molar refractivity (Wildman–Crippen MR) is 84.7 cm³/mol. The van der Waals surface area contributed by atoms with Crippen molar-refractivity contribution in [3.8, 4) is 0 Å². The number of carbonyl (C=O) groups excluding carboxylic acids is 2. The third-order valence-electron chi connectivity index (χ3n) is 2.71. The molecular weight excluding hydrogens is 358 g/mol. The van der Waals surface area contributed by atoms with E-state index in [0.717, 1.165) is 0 Å². The molecule has 0 aliphatic carbocycles. The first-order valence-corrected chi connectivity index (χ1v) is 7.13. The Morgan fingerprint density at radius 1 is 1.24 bits per heavy atom. The summed E-state index contributed by atoms with van der Waals surface area (Å²) < 4.78 is 0.432. The van der Waals surface area contributed by atoms with Gasteiger partial charge in [0.1, 0.15) is 4.60 Å². The van der Waals surface area contributed by atoms with Gasteiger partial charge >= 0.3 is 0 Å². The lowest BCUT2D eigenvalue weighted by atomic mass is 10.1. The summed E-state index contributed by atoms with van der Waals surface area (Å²) in [4.78, 5) is 27.8. The standard InChI is InChI=1S/C14H11BrClN3O2/c1-17-13(20)8-4-5-10(16)11(7-8)19-14(21)9-3-2-6-18-12(9)15/h2-7H,1H3,(H,17,20)(H,19,21). The molecule has 2 rings (SSSR count). The van der Waals surface area contributed by atoms with E-state index in [1.54, 1.807) is 30.5 Å². The normalized spacial score (nSPS) is 10.0. The summed E-state index contributed by atoms with van der Waals surface area (Å²) in [6.45, 7) is 0. The second-order valence-corrected chi connectivity index (χ2v) is 5.23. The maximum Gasteiger partial charge on any atom is 0.258 e. The highest BCUT2D eigenvalue weighted by Crippen LogP contribution is 2.24. The zero-order valence-corrected chi connectivity index (χ0v) is 13.3. The Bertz CT molecular complexity index is 706. The molecule has 0 saturated carbocycles. The number of amides is 2. The molecule has 21 heavy (non-hydrogen) atoms. The van der Waals surface area contributed by atoms with Crippen molar-refractivity contribution in [3.63, 3.8) is 0 Å². The summed E-state index contributed by atoms with van der Waals surface area (Å²) in [5.74, 6) is -0.629. The fourth-order valence-electron chi connectivity index (χ4n) is 1.65. The van der Waals surface area contributed by atoms with Crippen molar-refractivity contribution in [2.75, 3.05) is 12.4 Å². The molecule has 0 radical (unpaired) electrons. The zero-order chi connectivity index (χ0) is 15.4. The van der Waals surface area contributed by atoms with Crippen molar-refractivity contribution in [1.29, 1.82) is 0 Å². The molecule has 1 heterocycles. The van der Waals surface area contributed by atoms with E-state index in [0.29, 0.717) is 26.4 Å². The third-order valence-corrected chi connectivity index (χ3v) is 3.67. The van der Waals surface area contributed by atoms with Crippen LogP contribution >= 0.6 is 27.5 Å². The monoisotopic (exact) mass is 367 g/mol. The van der Waals surface area contributed by atoms with E-state index in [2.05, 4.69) is 31.5 Å². The van der Waals surface area contributed by atoms with Crippen molar-refractivity contribution in [1.82, 2.24) is 10.3 Å². The molecule has 2 amide bonds. The highest BCUT2D eigenvalue weighted by atomic mass is 79.9. The lowest BCUT2D eigenvalue weighted by Crippen LogP contribution is -2.19. The molecule has 2 aromatic rings. The van der Waals surface area contributed by atoms with Gasteiger partial charge in [0.15, 0.2) is 0 Å². The van der Waals surface area contributed by atoms with E-state index < -0.39 is 0 Å². The Morgan fingerprint density at radius 3 is 2.67 bits per heavy atom. The van der Waals surface area contributed by atoms with Gasteiger partial charge < -0.3 is 10.6 Å². The summed E-state index contributed by atoms with van der Waals surface area (Å²) >= 11 is 9.25. The molecular formula is C14H11BrClN3O2. The van der Waals surface area contributed by atoms with Crippen molar-refractivity contribution < 1.29 is 9.59 Å². The number of nitrogens with one attached hydrogen (secondary N) is 2. The minimum absolute atomic E-state index is 0.260. The Morgan fingerprint density at radius 2 is 2.00 bits per heavy atom. The molecule has 0 fully saturated rings. The third kappa shape index (κ3) is 3.59. The van der Waals surface area contributed by atoms with Gasteiger partial charge in [0, 0.05) is 18.8 Å². The van der Waals surface area contributed by atoms with Gasteiger partial charge in [-0.15, -0.1) is 0 Å². The first-order chi connectivity index (χ1) is 10.0. The van der Waals surface area contributed by atoms with Gasteiger partial charge in [-0.3, -0.25) is 9.59 Å². The minimum Gasteiger partial charge on any atom is -0.355 e. The molecule has 2 N–H and O–H groups in total. The molecule has 0 bridgehead atoms. The quantitative estimate of drug-likeness (QED) is 0.818. The summed E-state index contributed by atoms with van der Waals surface area (Å²) in [5, 5.41) is 5.52. The van der Waals surface area contributed by atoms with Crippen LogP contribution in [0.25, 0.3) is 0 Å². The van der Waals surface area contributed by atoms with E-state index >= 15 is 0 Å². The van der Waals surface area contributed by atoms with Crippen molar-refractivity contribution >= 4 is 45.0 Å². The fourth-order valence-corrected chi connectivity index (χ4v) is 2.25. The van der Waals surface area contributed by atoms with Crippen LogP contribution in [-0.4, -0.2) is 23.8 Å². The first-order valence-electron chi connectivity index (χ1n) is 5.96. The van der Waals surface area contributed by atoms with Crippen LogP contribution in [0.5, 0.6) is 0 Å². The molecule has 1 aromatic heterocycles. The molecule has 0 atom stereocenters. The van der Waals surface area contributed by atoms with Crippen molar-refractivity contribution in [2.24, 2.45) is 0 Å². The van der Waals surface area contributed by atoms with E-state index in [9.17, 15) is 9.59 Å². The number of anilines is 1. The largest absolute Gasteiger partial charge is 0.355 e. The van der Waals surface area contributed by atoms with Crippen LogP contribution in [0.3, 0.4) is 0 Å². The predicted octanol–water partition coefficient (Wildman–Crippen LogP) is 3.11. The molecule has 0 aliphatic heterocycles. The van der Waals surface area contributed by atoms with Gasteiger partial charge in [-0.25, -0.2) is 4.98 Å². The van der Waals surface area contributed by atoms with Crippen LogP contribution in [0.15, 0.2) is 41.1 Å². The average molecular weight is 369 g/mol.